The largest absolute Gasteiger partial charge is 0.352 e. The Balaban J connectivity index is 1.82. The van der Waals surface area contributed by atoms with Crippen LogP contribution in [0.1, 0.15) is 33.1 Å². The molecule has 1 amide bonds. The van der Waals surface area contributed by atoms with Crippen LogP contribution in [-0.4, -0.2) is 22.9 Å². The number of amides is 1. The molecule has 110 valence electrons. The Kier molecular flexibility index (Phi) is 5.29. The zero-order valence-corrected chi connectivity index (χ0v) is 12.9. The first-order valence-electron chi connectivity index (χ1n) is 7.20. The second kappa shape index (κ2) is 6.97. The summed E-state index contributed by atoms with van der Waals surface area (Å²) in [7, 11) is 0. The lowest BCUT2D eigenvalue weighted by molar-refractivity contribution is -0.932. The van der Waals surface area contributed by atoms with E-state index >= 15 is 0 Å². The van der Waals surface area contributed by atoms with E-state index in [0.29, 0.717) is 28.7 Å². The lowest BCUT2D eigenvalue weighted by atomic mass is 9.78. The summed E-state index contributed by atoms with van der Waals surface area (Å²) in [5, 5.41) is 13.4. The van der Waals surface area contributed by atoms with Gasteiger partial charge in [0.15, 0.2) is 0 Å². The van der Waals surface area contributed by atoms with Crippen LogP contribution in [0.4, 0.5) is 0 Å². The van der Waals surface area contributed by atoms with Gasteiger partial charge in [0.25, 0.3) is 5.03 Å². The van der Waals surface area contributed by atoms with Gasteiger partial charge in [0.05, 0.1) is 5.75 Å². The monoisotopic (exact) mass is 295 g/mol. The van der Waals surface area contributed by atoms with E-state index in [2.05, 4.69) is 19.2 Å². The molecule has 5 heteroatoms. The van der Waals surface area contributed by atoms with Gasteiger partial charge in [-0.1, -0.05) is 26.7 Å². The van der Waals surface area contributed by atoms with Crippen LogP contribution in [0.25, 0.3) is 0 Å². The van der Waals surface area contributed by atoms with Crippen molar-refractivity contribution in [3.63, 3.8) is 0 Å². The van der Waals surface area contributed by atoms with Crippen LogP contribution in [0, 0.1) is 11.8 Å². The fourth-order valence-corrected chi connectivity index (χ4v) is 3.44. The van der Waals surface area contributed by atoms with Gasteiger partial charge in [-0.2, -0.15) is 0 Å². The zero-order chi connectivity index (χ0) is 14.5. The summed E-state index contributed by atoms with van der Waals surface area (Å²) in [4.78, 5) is 12.0. The predicted octanol–water partition coefficient (Wildman–Crippen LogP) is 2.24. The molecule has 20 heavy (non-hydrogen) atoms. The van der Waals surface area contributed by atoms with Crippen LogP contribution >= 0.6 is 11.8 Å². The predicted molar refractivity (Wildman–Crippen MR) is 78.7 cm³/mol. The molecule has 0 aromatic carbocycles. The highest BCUT2D eigenvalue weighted by Crippen LogP contribution is 2.29. The summed E-state index contributed by atoms with van der Waals surface area (Å²) in [5.41, 5.74) is 0. The Morgan fingerprint density at radius 2 is 2.25 bits per heavy atom. The van der Waals surface area contributed by atoms with Crippen LogP contribution in [0.15, 0.2) is 29.4 Å². The molecule has 1 fully saturated rings. The number of thioether (sulfide) groups is 1. The Morgan fingerprint density at radius 3 is 3.00 bits per heavy atom. The van der Waals surface area contributed by atoms with Gasteiger partial charge in [0.1, 0.15) is 0 Å². The molecule has 0 spiro atoms. The number of hydrogen-bond donors (Lipinski definition) is 2. The van der Waals surface area contributed by atoms with E-state index in [9.17, 15) is 10.0 Å². The summed E-state index contributed by atoms with van der Waals surface area (Å²) < 4.78 is 1.04. The molecule has 0 radical (unpaired) electrons. The standard InChI is InChI=1S/C15H22N2O2S/c1-11-6-5-7-13(12(11)2)16-14(18)10-20-15-8-3-4-9-17(15)19/h3-4,8-9,11-13H,5-7,10H2,1-2H3,(H-,16,18,19)/p+1. The Bertz CT molecular complexity index is 467. The molecule has 2 N–H and O–H groups in total. The number of pyridine rings is 1. The Morgan fingerprint density at radius 1 is 1.45 bits per heavy atom. The number of nitrogens with zero attached hydrogens (tertiary/aromatic N) is 1. The lowest BCUT2D eigenvalue weighted by Crippen LogP contribution is -2.44. The summed E-state index contributed by atoms with van der Waals surface area (Å²) in [6.07, 6.45) is 5.09. The minimum atomic E-state index is 0.0461. The maximum atomic E-state index is 12.0. The number of nitrogens with one attached hydrogen (secondary N) is 1. The SMILES string of the molecule is CC1CCCC(NC(=O)CSc2cccc[n+]2O)C1C. The summed E-state index contributed by atoms with van der Waals surface area (Å²) in [6.45, 7) is 4.48. The van der Waals surface area contributed by atoms with Crippen LogP contribution < -0.4 is 10.0 Å². The van der Waals surface area contributed by atoms with Crippen molar-refractivity contribution < 1.29 is 14.7 Å². The summed E-state index contributed by atoms with van der Waals surface area (Å²) in [5.74, 6) is 1.60. The molecule has 1 saturated carbocycles. The minimum absolute atomic E-state index is 0.0461. The highest BCUT2D eigenvalue weighted by Gasteiger charge is 2.28. The van der Waals surface area contributed by atoms with Gasteiger partial charge in [-0.3, -0.25) is 10.0 Å². The fraction of sp³-hybridized carbons (Fsp3) is 0.600. The first-order valence-corrected chi connectivity index (χ1v) is 8.18. The van der Waals surface area contributed by atoms with Crippen molar-refractivity contribution in [2.24, 2.45) is 11.8 Å². The molecular formula is C15H23N2O2S+. The van der Waals surface area contributed by atoms with E-state index in [1.165, 1.54) is 24.6 Å². The molecule has 1 aromatic heterocycles. The van der Waals surface area contributed by atoms with Crippen molar-refractivity contribution in [3.05, 3.63) is 24.4 Å². The van der Waals surface area contributed by atoms with Crippen molar-refractivity contribution in [2.45, 2.75) is 44.2 Å². The van der Waals surface area contributed by atoms with Crippen molar-refractivity contribution in [3.8, 4) is 0 Å². The van der Waals surface area contributed by atoms with Gasteiger partial charge < -0.3 is 5.32 Å². The Hall–Kier alpha value is -1.23. The van der Waals surface area contributed by atoms with E-state index in [-0.39, 0.29) is 5.91 Å². The first-order chi connectivity index (χ1) is 9.58. The third kappa shape index (κ3) is 3.88. The zero-order valence-electron chi connectivity index (χ0n) is 12.1. The van der Waals surface area contributed by atoms with Crippen molar-refractivity contribution in [2.75, 3.05) is 5.75 Å². The molecule has 3 atom stereocenters. The quantitative estimate of drug-likeness (QED) is 0.509. The Labute approximate surface area is 124 Å². The summed E-state index contributed by atoms with van der Waals surface area (Å²) >= 11 is 1.35. The number of hydrogen-bond acceptors (Lipinski definition) is 3. The highest BCUT2D eigenvalue weighted by atomic mass is 32.2. The van der Waals surface area contributed by atoms with Gasteiger partial charge in [-0.05, 0) is 36.1 Å². The van der Waals surface area contributed by atoms with Gasteiger partial charge in [0, 0.05) is 22.9 Å². The van der Waals surface area contributed by atoms with E-state index < -0.39 is 0 Å². The number of carbonyl (C=O) groups is 1. The molecule has 0 aliphatic heterocycles. The fourth-order valence-electron chi connectivity index (χ4n) is 2.71. The maximum Gasteiger partial charge on any atom is 0.291 e. The molecule has 1 heterocycles. The van der Waals surface area contributed by atoms with Crippen LogP contribution in [0.2, 0.25) is 0 Å². The molecule has 1 aliphatic carbocycles. The topological polar surface area (TPSA) is 53.2 Å². The molecular weight excluding hydrogens is 272 g/mol. The van der Waals surface area contributed by atoms with E-state index in [4.69, 9.17) is 0 Å². The van der Waals surface area contributed by atoms with Crippen LogP contribution in [0.5, 0.6) is 0 Å². The van der Waals surface area contributed by atoms with Gasteiger partial charge in [0.2, 0.25) is 12.1 Å². The molecule has 1 aliphatic rings. The molecule has 0 bridgehead atoms. The minimum Gasteiger partial charge on any atom is -0.352 e. The van der Waals surface area contributed by atoms with E-state index in [0.717, 1.165) is 11.2 Å². The van der Waals surface area contributed by atoms with Crippen LogP contribution in [-0.2, 0) is 4.79 Å². The molecule has 4 nitrogen and oxygen atoms in total. The highest BCUT2D eigenvalue weighted by molar-refractivity contribution is 7.99. The van der Waals surface area contributed by atoms with E-state index in [1.807, 2.05) is 6.07 Å². The van der Waals surface area contributed by atoms with Gasteiger partial charge in [-0.25, -0.2) is 0 Å². The molecule has 3 unspecified atom stereocenters. The smallest absolute Gasteiger partial charge is 0.291 e. The first kappa shape index (κ1) is 15.2. The average molecular weight is 295 g/mol. The van der Waals surface area contributed by atoms with Crippen LogP contribution in [0.3, 0.4) is 0 Å². The molecule has 0 saturated heterocycles. The third-order valence-electron chi connectivity index (χ3n) is 4.21. The maximum absolute atomic E-state index is 12.0. The second-order valence-corrected chi connectivity index (χ2v) is 6.61. The second-order valence-electron chi connectivity index (χ2n) is 5.61. The number of aromatic nitrogens is 1. The summed E-state index contributed by atoms with van der Waals surface area (Å²) in [6, 6.07) is 5.68. The van der Waals surface area contributed by atoms with Crippen molar-refractivity contribution >= 4 is 17.7 Å². The van der Waals surface area contributed by atoms with Crippen molar-refractivity contribution in [1.29, 1.82) is 0 Å². The lowest BCUT2D eigenvalue weighted by Gasteiger charge is -2.34. The number of carbonyl (C=O) groups excluding carboxylic acids is 1. The van der Waals surface area contributed by atoms with Gasteiger partial charge >= 0.3 is 0 Å². The number of rotatable bonds is 4. The third-order valence-corrected chi connectivity index (χ3v) is 5.23. The average Bonchev–Trinajstić information content (AvgIpc) is 2.43. The van der Waals surface area contributed by atoms with Gasteiger partial charge in [-0.15, -0.1) is 0 Å². The van der Waals surface area contributed by atoms with E-state index in [1.54, 1.807) is 18.3 Å². The molecule has 1 aromatic rings. The van der Waals surface area contributed by atoms with Crippen molar-refractivity contribution in [1.82, 2.24) is 5.32 Å². The molecule has 2 rings (SSSR count). The normalized spacial score (nSPS) is 26.2.